The van der Waals surface area contributed by atoms with Crippen molar-refractivity contribution in [1.82, 2.24) is 5.32 Å². The third kappa shape index (κ3) is 4.92. The predicted molar refractivity (Wildman–Crippen MR) is 151 cm³/mol. The van der Waals surface area contributed by atoms with Gasteiger partial charge >= 0.3 is 0 Å². The molecule has 1 fully saturated rings. The number of rotatable bonds is 0. The highest BCUT2D eigenvalue weighted by molar-refractivity contribution is 7.92. The monoisotopic (exact) mass is 556 g/mol. The Morgan fingerprint density at radius 3 is 2.74 bits per heavy atom. The average Bonchev–Trinajstić information content (AvgIpc) is 3.02. The predicted octanol–water partition coefficient (Wildman–Crippen LogP) is 5.31. The summed E-state index contributed by atoms with van der Waals surface area (Å²) in [5, 5.41) is 3.53. The van der Waals surface area contributed by atoms with Crippen LogP contribution in [0.4, 0.5) is 5.69 Å². The van der Waals surface area contributed by atoms with Gasteiger partial charge in [0.15, 0.2) is 9.84 Å². The fraction of sp³-hybridized carbons (Fsp3) is 0.567. The zero-order valence-corrected chi connectivity index (χ0v) is 23.5. The van der Waals surface area contributed by atoms with Crippen LogP contribution in [0.25, 0.3) is 0 Å². The van der Waals surface area contributed by atoms with Crippen LogP contribution in [0.1, 0.15) is 72.9 Å². The van der Waals surface area contributed by atoms with Gasteiger partial charge in [-0.25, -0.2) is 8.42 Å². The molecule has 1 N–H and O–H groups in total. The van der Waals surface area contributed by atoms with Gasteiger partial charge in [-0.05, 0) is 92.3 Å². The summed E-state index contributed by atoms with van der Waals surface area (Å²) in [4.78, 5) is 15.4. The Morgan fingerprint density at radius 1 is 1.03 bits per heavy atom. The summed E-state index contributed by atoms with van der Waals surface area (Å²) in [5.74, 6) is 1.05. The van der Waals surface area contributed by atoms with Crippen molar-refractivity contribution in [2.75, 3.05) is 36.9 Å². The first-order valence-electron chi connectivity index (χ1n) is 14.2. The van der Waals surface area contributed by atoms with Gasteiger partial charge < -0.3 is 15.0 Å². The Labute approximate surface area is 231 Å². The molecule has 8 heteroatoms. The van der Waals surface area contributed by atoms with Crippen molar-refractivity contribution in [3.8, 4) is 5.75 Å². The smallest absolute Gasteiger partial charge is 0.251 e. The highest BCUT2D eigenvalue weighted by atomic mass is 35.5. The number of fused-ring (bicyclic) bond motifs is 4. The number of benzene rings is 2. The summed E-state index contributed by atoms with van der Waals surface area (Å²) >= 11 is 6.37. The lowest BCUT2D eigenvalue weighted by molar-refractivity contribution is 0.0953. The van der Waals surface area contributed by atoms with Crippen molar-refractivity contribution >= 4 is 33.0 Å². The van der Waals surface area contributed by atoms with Crippen LogP contribution in [0.15, 0.2) is 36.4 Å². The van der Waals surface area contributed by atoms with Gasteiger partial charge in [0.1, 0.15) is 5.75 Å². The van der Waals surface area contributed by atoms with Gasteiger partial charge in [0, 0.05) is 35.6 Å². The Balaban J connectivity index is 1.40. The summed E-state index contributed by atoms with van der Waals surface area (Å²) in [6.45, 7) is 2.51. The van der Waals surface area contributed by atoms with E-state index in [0.29, 0.717) is 31.7 Å². The van der Waals surface area contributed by atoms with Crippen LogP contribution in [-0.2, 0) is 21.7 Å². The number of anilines is 1. The first-order chi connectivity index (χ1) is 18.3. The number of aryl methyl sites for hydroxylation is 1. The summed E-state index contributed by atoms with van der Waals surface area (Å²) in [6.07, 6.45) is 8.05. The number of carbonyl (C=O) groups excluding carboxylic acids is 1. The molecule has 2 aliphatic carbocycles. The minimum atomic E-state index is -3.13. The van der Waals surface area contributed by atoms with Crippen LogP contribution in [0.5, 0.6) is 5.75 Å². The number of halogens is 1. The number of amides is 1. The molecule has 2 heterocycles. The second-order valence-corrected chi connectivity index (χ2v) is 14.5. The van der Waals surface area contributed by atoms with Crippen molar-refractivity contribution in [2.45, 2.75) is 68.5 Å². The number of sulfone groups is 1. The molecule has 0 aromatic heterocycles. The van der Waals surface area contributed by atoms with Crippen LogP contribution in [0.2, 0.25) is 5.02 Å². The van der Waals surface area contributed by atoms with Gasteiger partial charge in [0.25, 0.3) is 5.91 Å². The van der Waals surface area contributed by atoms with E-state index in [1.165, 1.54) is 11.1 Å². The lowest BCUT2D eigenvalue weighted by Crippen LogP contribution is -2.51. The van der Waals surface area contributed by atoms with Gasteiger partial charge in [-0.1, -0.05) is 30.5 Å². The van der Waals surface area contributed by atoms with Gasteiger partial charge in [0.05, 0.1) is 23.3 Å². The molecular weight excluding hydrogens is 520 g/mol. The molecule has 38 heavy (non-hydrogen) atoms. The van der Waals surface area contributed by atoms with Gasteiger partial charge in [0.2, 0.25) is 0 Å². The third-order valence-corrected chi connectivity index (χ3v) is 11.8. The standard InChI is InChI=1S/C30H37ClN2O4S/c31-24-9-10-25-21(16-24)6-5-13-30(25)19-33-18-23-8-12-28(23)38(35,36)15-4-2-1-3-14-32-29(34)22-7-11-27(37-20-30)26(33)17-22/h7,9-11,16-17,23,28H,1-6,8,12-15,18-20H2,(H,32,34)/t23-,28-,30-/m0/s1. The van der Waals surface area contributed by atoms with Crippen molar-refractivity contribution in [2.24, 2.45) is 5.92 Å². The van der Waals surface area contributed by atoms with Crippen molar-refractivity contribution in [3.63, 3.8) is 0 Å². The van der Waals surface area contributed by atoms with Crippen molar-refractivity contribution in [1.29, 1.82) is 0 Å². The number of ether oxygens (including phenoxy) is 1. The van der Waals surface area contributed by atoms with Gasteiger partial charge in [-0.2, -0.15) is 0 Å². The van der Waals surface area contributed by atoms with E-state index in [1.807, 2.05) is 24.3 Å². The number of hydrogen-bond acceptors (Lipinski definition) is 5. The Hall–Kier alpha value is -2.25. The minimum absolute atomic E-state index is 0.0689. The molecule has 1 spiro atoms. The zero-order chi connectivity index (χ0) is 26.3. The quantitative estimate of drug-likeness (QED) is 0.476. The lowest BCUT2D eigenvalue weighted by Gasteiger charge is -2.44. The molecule has 2 aromatic rings. The third-order valence-electron chi connectivity index (χ3n) is 9.20. The molecule has 3 atom stereocenters. The normalized spacial score (nSPS) is 29.2. The van der Waals surface area contributed by atoms with E-state index >= 15 is 0 Å². The molecule has 6 rings (SSSR count). The molecule has 1 saturated carbocycles. The van der Waals surface area contributed by atoms with Gasteiger partial charge in [-0.15, -0.1) is 0 Å². The van der Waals surface area contributed by atoms with E-state index in [-0.39, 0.29) is 28.2 Å². The lowest BCUT2D eigenvalue weighted by atomic mass is 9.70. The van der Waals surface area contributed by atoms with Gasteiger partial charge in [-0.3, -0.25) is 4.79 Å². The van der Waals surface area contributed by atoms with Crippen molar-refractivity contribution < 1.29 is 17.9 Å². The minimum Gasteiger partial charge on any atom is -0.490 e. The molecule has 204 valence electrons. The van der Waals surface area contributed by atoms with Crippen molar-refractivity contribution in [3.05, 3.63) is 58.1 Å². The SMILES string of the molecule is O=C1NCCCCCCS(=O)(=O)[C@H]2CC[C@H]2CN2C[C@@]3(CCCc4cc(Cl)ccc43)COc3ccc1cc32. The molecule has 0 radical (unpaired) electrons. The number of nitrogens with zero attached hydrogens (tertiary/aromatic N) is 1. The van der Waals surface area contributed by atoms with E-state index in [4.69, 9.17) is 16.3 Å². The number of carbonyl (C=O) groups is 1. The first kappa shape index (κ1) is 26.0. The van der Waals surface area contributed by atoms with E-state index in [2.05, 4.69) is 22.3 Å². The summed E-state index contributed by atoms with van der Waals surface area (Å²) in [6, 6.07) is 11.9. The first-order valence-corrected chi connectivity index (χ1v) is 16.2. The van der Waals surface area contributed by atoms with Crippen LogP contribution < -0.4 is 15.0 Å². The van der Waals surface area contributed by atoms with Crippen LogP contribution >= 0.6 is 11.6 Å². The molecular formula is C30H37ClN2O4S. The Bertz CT molecular complexity index is 1330. The number of nitrogens with one attached hydrogen (secondary N) is 1. The molecule has 4 aliphatic rings. The Morgan fingerprint density at radius 2 is 1.89 bits per heavy atom. The average molecular weight is 557 g/mol. The fourth-order valence-corrected chi connectivity index (χ4v) is 9.40. The molecule has 2 aliphatic heterocycles. The highest BCUT2D eigenvalue weighted by Crippen LogP contribution is 2.46. The molecule has 2 aromatic carbocycles. The maximum absolute atomic E-state index is 13.3. The summed E-state index contributed by atoms with van der Waals surface area (Å²) < 4.78 is 33.1. The van der Waals surface area contributed by atoms with Crippen LogP contribution in [-0.4, -0.2) is 51.6 Å². The summed E-state index contributed by atoms with van der Waals surface area (Å²) in [5.41, 5.74) is 3.85. The maximum atomic E-state index is 13.3. The maximum Gasteiger partial charge on any atom is 0.251 e. The second-order valence-electron chi connectivity index (χ2n) is 11.7. The Kier molecular flexibility index (Phi) is 7.10. The highest BCUT2D eigenvalue weighted by Gasteiger charge is 2.45. The molecule has 0 saturated heterocycles. The largest absolute Gasteiger partial charge is 0.490 e. The second kappa shape index (κ2) is 10.4. The molecule has 0 unspecified atom stereocenters. The van der Waals surface area contributed by atoms with E-state index in [9.17, 15) is 13.2 Å². The summed E-state index contributed by atoms with van der Waals surface area (Å²) in [7, 11) is -3.13. The fourth-order valence-electron chi connectivity index (χ4n) is 7.00. The van der Waals surface area contributed by atoms with Crippen LogP contribution in [0, 0.1) is 5.92 Å². The van der Waals surface area contributed by atoms with E-state index < -0.39 is 9.84 Å². The molecule has 2 bridgehead atoms. The van der Waals surface area contributed by atoms with E-state index in [1.54, 1.807) is 0 Å². The van der Waals surface area contributed by atoms with E-state index in [0.717, 1.165) is 74.4 Å². The van der Waals surface area contributed by atoms with Crippen LogP contribution in [0.3, 0.4) is 0 Å². The topological polar surface area (TPSA) is 75.7 Å². The number of hydrogen-bond donors (Lipinski definition) is 1. The molecule has 1 amide bonds. The molecule has 6 nitrogen and oxygen atoms in total. The zero-order valence-electron chi connectivity index (χ0n) is 21.9.